The second-order valence-electron chi connectivity index (χ2n) is 5.76. The number of pyridine rings is 1. The van der Waals surface area contributed by atoms with Crippen LogP contribution >= 0.6 is 11.6 Å². The number of halogens is 2. The van der Waals surface area contributed by atoms with Crippen molar-refractivity contribution in [3.63, 3.8) is 0 Å². The number of hydrogen-bond donors (Lipinski definition) is 1. The normalized spacial score (nSPS) is 11.5. The van der Waals surface area contributed by atoms with Crippen molar-refractivity contribution in [2.24, 2.45) is 0 Å². The summed E-state index contributed by atoms with van der Waals surface area (Å²) in [6.07, 6.45) is 2.22. The van der Waals surface area contributed by atoms with Crippen LogP contribution in [-0.4, -0.2) is 17.2 Å². The van der Waals surface area contributed by atoms with Crippen LogP contribution in [0.3, 0.4) is 0 Å². The topological polar surface area (TPSA) is 24.9 Å². The van der Waals surface area contributed by atoms with Gasteiger partial charge in [0.15, 0.2) is 0 Å². The minimum atomic E-state index is -1.17. The third kappa shape index (κ3) is 4.71. The number of aryl methyl sites for hydroxylation is 1. The summed E-state index contributed by atoms with van der Waals surface area (Å²) in [4.78, 5) is 4.40. The average Bonchev–Trinajstić information content (AvgIpc) is 2.39. The Morgan fingerprint density at radius 3 is 2.71 bits per heavy atom. The third-order valence-electron chi connectivity index (χ3n) is 3.27. The number of nitrogens with one attached hydrogen (secondary N) is 1. The molecule has 2 rings (SSSR count). The first kappa shape index (κ1) is 15.8. The molecule has 1 N–H and O–H groups in total. The molecule has 0 unspecified atom stereocenters. The summed E-state index contributed by atoms with van der Waals surface area (Å²) in [6.45, 7) is 5.70. The first-order valence-electron chi connectivity index (χ1n) is 7.00. The maximum absolute atomic E-state index is 13.5. The van der Waals surface area contributed by atoms with Gasteiger partial charge >= 0.3 is 0 Å². The Kier molecular flexibility index (Phi) is 4.84. The highest BCUT2D eigenvalue weighted by Gasteiger charge is 2.14. The van der Waals surface area contributed by atoms with Crippen molar-refractivity contribution in [2.75, 3.05) is 11.9 Å². The number of anilines is 1. The Bertz CT molecular complexity index is 620. The van der Waals surface area contributed by atoms with Crippen LogP contribution in [0.5, 0.6) is 0 Å². The number of rotatable bonds is 5. The van der Waals surface area contributed by atoms with E-state index in [9.17, 15) is 4.39 Å². The van der Waals surface area contributed by atoms with E-state index in [4.69, 9.17) is 11.6 Å². The fourth-order valence-corrected chi connectivity index (χ4v) is 2.27. The van der Waals surface area contributed by atoms with Gasteiger partial charge in [0.25, 0.3) is 0 Å². The van der Waals surface area contributed by atoms with Gasteiger partial charge in [0.2, 0.25) is 0 Å². The first-order valence-corrected chi connectivity index (χ1v) is 7.38. The molecule has 4 heteroatoms. The number of alkyl halides is 1. The molecule has 2 aromatic rings. The van der Waals surface area contributed by atoms with Crippen LogP contribution in [0.15, 0.2) is 36.5 Å². The minimum Gasteiger partial charge on any atom is -0.384 e. The number of nitrogens with zero attached hydrogens (tertiary/aromatic N) is 1. The van der Waals surface area contributed by atoms with Gasteiger partial charge in [0.05, 0.1) is 11.9 Å². The molecule has 0 amide bonds. The first-order chi connectivity index (χ1) is 9.85. The monoisotopic (exact) mass is 306 g/mol. The van der Waals surface area contributed by atoms with Gasteiger partial charge in [-0.15, -0.1) is 0 Å². The Labute approximate surface area is 130 Å². The van der Waals surface area contributed by atoms with E-state index in [0.29, 0.717) is 18.0 Å². The van der Waals surface area contributed by atoms with Crippen molar-refractivity contribution in [1.82, 2.24) is 4.98 Å². The van der Waals surface area contributed by atoms with Crippen LogP contribution in [0.25, 0.3) is 11.1 Å². The lowest BCUT2D eigenvalue weighted by Crippen LogP contribution is -2.17. The molecule has 0 aliphatic rings. The molecule has 1 aromatic heterocycles. The molecular weight excluding hydrogens is 287 g/mol. The molecular formula is C17H20ClFN2. The smallest absolute Gasteiger partial charge is 0.107 e. The van der Waals surface area contributed by atoms with Crippen LogP contribution in [0.2, 0.25) is 5.02 Å². The quantitative estimate of drug-likeness (QED) is 0.815. The zero-order valence-electron chi connectivity index (χ0n) is 12.6. The second kappa shape index (κ2) is 6.44. The fraction of sp³-hybridized carbons (Fsp3) is 0.353. The molecule has 1 aromatic carbocycles. The number of benzene rings is 1. The molecule has 21 heavy (non-hydrogen) atoms. The molecule has 0 saturated carbocycles. The molecule has 0 bridgehead atoms. The van der Waals surface area contributed by atoms with Gasteiger partial charge in [-0.3, -0.25) is 4.98 Å². The molecule has 112 valence electrons. The van der Waals surface area contributed by atoms with Gasteiger partial charge in [-0.05, 0) is 51.0 Å². The summed E-state index contributed by atoms with van der Waals surface area (Å²) in [5.74, 6) is 0. The van der Waals surface area contributed by atoms with Crippen LogP contribution in [0.4, 0.5) is 10.1 Å². The molecule has 0 saturated heterocycles. The lowest BCUT2D eigenvalue weighted by molar-refractivity contribution is 0.207. The van der Waals surface area contributed by atoms with Gasteiger partial charge < -0.3 is 5.32 Å². The van der Waals surface area contributed by atoms with Gasteiger partial charge in [0.1, 0.15) is 5.67 Å². The molecule has 0 aliphatic heterocycles. The van der Waals surface area contributed by atoms with E-state index in [1.54, 1.807) is 20.0 Å². The van der Waals surface area contributed by atoms with E-state index in [0.717, 1.165) is 22.5 Å². The van der Waals surface area contributed by atoms with Crippen LogP contribution in [0.1, 0.15) is 26.0 Å². The molecule has 0 fully saturated rings. The molecule has 0 aliphatic carbocycles. The SMILES string of the molecule is Cc1ncc(NCCC(C)(C)F)cc1-c1cccc(Cl)c1. The summed E-state index contributed by atoms with van der Waals surface area (Å²) in [5.41, 5.74) is 2.72. The summed E-state index contributed by atoms with van der Waals surface area (Å²) >= 11 is 6.04. The minimum absolute atomic E-state index is 0.452. The summed E-state index contributed by atoms with van der Waals surface area (Å²) in [6, 6.07) is 9.71. The van der Waals surface area contributed by atoms with E-state index in [-0.39, 0.29) is 0 Å². The van der Waals surface area contributed by atoms with Crippen LogP contribution in [0, 0.1) is 6.92 Å². The Morgan fingerprint density at radius 2 is 2.05 bits per heavy atom. The van der Waals surface area contributed by atoms with Crippen molar-refractivity contribution in [3.8, 4) is 11.1 Å². The standard InChI is InChI=1S/C17H20ClFN2/c1-12-16(13-5-4-6-14(18)9-13)10-15(11-21-12)20-8-7-17(2,3)19/h4-6,9-11,20H,7-8H2,1-3H3. The van der Waals surface area contributed by atoms with E-state index in [1.807, 2.05) is 37.3 Å². The van der Waals surface area contributed by atoms with E-state index >= 15 is 0 Å². The summed E-state index contributed by atoms with van der Waals surface area (Å²) in [7, 11) is 0. The van der Waals surface area contributed by atoms with Crippen molar-refractivity contribution in [1.29, 1.82) is 0 Å². The van der Waals surface area contributed by atoms with E-state index < -0.39 is 5.67 Å². The van der Waals surface area contributed by atoms with Crippen molar-refractivity contribution < 1.29 is 4.39 Å². The average molecular weight is 307 g/mol. The second-order valence-corrected chi connectivity index (χ2v) is 6.20. The predicted octanol–water partition coefficient (Wildman–Crippen LogP) is 5.26. The largest absolute Gasteiger partial charge is 0.384 e. The molecule has 1 heterocycles. The lowest BCUT2D eigenvalue weighted by atomic mass is 10.0. The fourth-order valence-electron chi connectivity index (χ4n) is 2.08. The number of hydrogen-bond acceptors (Lipinski definition) is 2. The molecule has 0 radical (unpaired) electrons. The predicted molar refractivity (Wildman–Crippen MR) is 87.7 cm³/mol. The van der Waals surface area contributed by atoms with Gasteiger partial charge in [-0.1, -0.05) is 23.7 Å². The van der Waals surface area contributed by atoms with E-state index in [1.165, 1.54) is 0 Å². The van der Waals surface area contributed by atoms with Crippen LogP contribution in [-0.2, 0) is 0 Å². The van der Waals surface area contributed by atoms with Crippen molar-refractivity contribution in [3.05, 3.63) is 47.2 Å². The zero-order chi connectivity index (χ0) is 15.5. The Hall–Kier alpha value is -1.61. The van der Waals surface area contributed by atoms with Crippen molar-refractivity contribution >= 4 is 17.3 Å². The summed E-state index contributed by atoms with van der Waals surface area (Å²) < 4.78 is 13.5. The van der Waals surface area contributed by atoms with E-state index in [2.05, 4.69) is 10.3 Å². The highest BCUT2D eigenvalue weighted by atomic mass is 35.5. The zero-order valence-corrected chi connectivity index (χ0v) is 13.3. The Balaban J connectivity index is 2.18. The molecule has 0 atom stereocenters. The third-order valence-corrected chi connectivity index (χ3v) is 3.51. The highest BCUT2D eigenvalue weighted by Crippen LogP contribution is 2.27. The number of aromatic nitrogens is 1. The van der Waals surface area contributed by atoms with Gasteiger partial charge in [-0.25, -0.2) is 4.39 Å². The van der Waals surface area contributed by atoms with Crippen LogP contribution < -0.4 is 5.32 Å². The van der Waals surface area contributed by atoms with Gasteiger partial charge in [0, 0.05) is 22.8 Å². The maximum atomic E-state index is 13.5. The summed E-state index contributed by atoms with van der Waals surface area (Å²) in [5, 5.41) is 3.92. The van der Waals surface area contributed by atoms with Gasteiger partial charge in [-0.2, -0.15) is 0 Å². The molecule has 0 spiro atoms. The highest BCUT2D eigenvalue weighted by molar-refractivity contribution is 6.30. The van der Waals surface area contributed by atoms with Crippen molar-refractivity contribution in [2.45, 2.75) is 32.9 Å². The maximum Gasteiger partial charge on any atom is 0.107 e. The Morgan fingerprint density at radius 1 is 1.29 bits per heavy atom. The molecule has 2 nitrogen and oxygen atoms in total. The lowest BCUT2D eigenvalue weighted by Gasteiger charge is -2.15.